The zero-order valence-corrected chi connectivity index (χ0v) is 8.62. The molecule has 0 aromatic heterocycles. The Balaban J connectivity index is 4.89. The van der Waals surface area contributed by atoms with Crippen molar-refractivity contribution in [3.05, 3.63) is 0 Å². The third-order valence-electron chi connectivity index (χ3n) is 1.93. The zero-order chi connectivity index (χ0) is 14.3. The normalized spacial score (nSPS) is 23.1. The van der Waals surface area contributed by atoms with E-state index in [4.69, 9.17) is 4.11 Å². The molecule has 4 atom stereocenters. The molecule has 0 amide bonds. The lowest BCUT2D eigenvalue weighted by Crippen LogP contribution is -2.48. The van der Waals surface area contributed by atoms with E-state index >= 15 is 0 Å². The first-order valence-corrected chi connectivity index (χ1v) is 4.27. The fraction of sp³-hybridized carbons (Fsp3) is 0.889. The van der Waals surface area contributed by atoms with E-state index in [1.807, 2.05) is 0 Å². The van der Waals surface area contributed by atoms with Crippen molar-refractivity contribution in [3.8, 4) is 0 Å². The summed E-state index contributed by atoms with van der Waals surface area (Å²) in [4.78, 5) is 10.6. The Kier molecular flexibility index (Phi) is 4.98. The van der Waals surface area contributed by atoms with Crippen molar-refractivity contribution in [3.63, 3.8) is 0 Å². The third-order valence-corrected chi connectivity index (χ3v) is 1.93. The van der Waals surface area contributed by atoms with Crippen LogP contribution in [0.25, 0.3) is 0 Å². The molecule has 0 saturated heterocycles. The molecule has 0 aliphatic heterocycles. The average molecular weight is 225 g/mol. The first-order valence-electron chi connectivity index (χ1n) is 5.77. The van der Waals surface area contributed by atoms with E-state index in [-0.39, 0.29) is 6.61 Å². The van der Waals surface area contributed by atoms with E-state index in [1.165, 1.54) is 7.11 Å². The Bertz CT molecular complexity index is 247. The van der Waals surface area contributed by atoms with Crippen LogP contribution in [0, 0.1) is 0 Å². The number of rotatable bonds is 8. The largest absolute Gasteiger partial charge is 0.388 e. The highest BCUT2D eigenvalue weighted by Crippen LogP contribution is 2.10. The highest BCUT2D eigenvalue weighted by molar-refractivity contribution is 5.57. The average Bonchev–Trinajstić information content (AvgIpc) is 2.26. The van der Waals surface area contributed by atoms with Crippen LogP contribution in [0.5, 0.6) is 0 Å². The van der Waals surface area contributed by atoms with Gasteiger partial charge >= 0.3 is 0 Å². The second kappa shape index (κ2) is 7.72. The van der Waals surface area contributed by atoms with E-state index in [1.54, 1.807) is 0 Å². The molecule has 0 bridgehead atoms. The van der Waals surface area contributed by atoms with Crippen LogP contribution in [0.1, 0.15) is 4.11 Å². The molecule has 0 rings (SSSR count). The second-order valence-electron chi connectivity index (χ2n) is 2.93. The Morgan fingerprint density at radius 1 is 1.40 bits per heavy atom. The smallest absolute Gasteiger partial charge is 0.151 e. The van der Waals surface area contributed by atoms with Gasteiger partial charge in [0.15, 0.2) is 6.29 Å². The van der Waals surface area contributed by atoms with E-state index in [9.17, 15) is 15.0 Å². The van der Waals surface area contributed by atoms with Gasteiger partial charge in [-0.3, -0.25) is 0 Å². The van der Waals surface area contributed by atoms with Crippen LogP contribution in [0.2, 0.25) is 0 Å². The highest BCUT2D eigenvalue weighted by Gasteiger charge is 2.32. The lowest BCUT2D eigenvalue weighted by molar-refractivity contribution is -0.148. The maximum Gasteiger partial charge on any atom is 0.151 e. The number of aldehydes is 1. The molecule has 2 N–H and O–H groups in total. The van der Waals surface area contributed by atoms with Crippen LogP contribution in [-0.2, 0) is 19.0 Å². The van der Waals surface area contributed by atoms with Gasteiger partial charge in [-0.2, -0.15) is 0 Å². The molecule has 0 aromatic carbocycles. The summed E-state index contributed by atoms with van der Waals surface area (Å²) in [6, 6.07) is 0. The molecule has 15 heavy (non-hydrogen) atoms. The highest BCUT2D eigenvalue weighted by atomic mass is 16.5. The predicted molar refractivity (Wildman–Crippen MR) is 51.5 cm³/mol. The van der Waals surface area contributed by atoms with Gasteiger partial charge in [0.05, 0.1) is 10.7 Å². The molecule has 0 heterocycles. The Labute approximate surface area is 93.0 Å². The number of methoxy groups -OCH3 is 3. The standard InChI is InChI=1S/C9H18O6/c1-13-5-6(11)9(15-3)8(12)7(4-10)14-2/h4,6-9,11-12H,5H2,1-3H3/t6-,7+,8-,9-/m1/s1/i3D3. The molecule has 0 aliphatic rings. The van der Waals surface area contributed by atoms with Crippen molar-refractivity contribution >= 4 is 6.29 Å². The number of ether oxygens (including phenoxy) is 3. The molecular weight excluding hydrogens is 204 g/mol. The molecule has 6 heteroatoms. The van der Waals surface area contributed by atoms with Gasteiger partial charge in [-0.15, -0.1) is 0 Å². The van der Waals surface area contributed by atoms with E-state index < -0.39 is 31.5 Å². The summed E-state index contributed by atoms with van der Waals surface area (Å²) < 4.78 is 34.7. The number of hydrogen-bond acceptors (Lipinski definition) is 6. The van der Waals surface area contributed by atoms with Crippen LogP contribution in [-0.4, -0.2) is 68.8 Å². The summed E-state index contributed by atoms with van der Waals surface area (Å²) in [6.07, 6.45) is -5.59. The molecule has 0 aliphatic carbocycles. The second-order valence-corrected chi connectivity index (χ2v) is 2.93. The maximum atomic E-state index is 10.6. The van der Waals surface area contributed by atoms with Gasteiger partial charge < -0.3 is 29.2 Å². The summed E-state index contributed by atoms with van der Waals surface area (Å²) >= 11 is 0. The molecule has 0 radical (unpaired) electrons. The minimum atomic E-state index is -2.83. The van der Waals surface area contributed by atoms with Crippen LogP contribution in [0.4, 0.5) is 0 Å². The number of aliphatic hydroxyl groups excluding tert-OH is 2. The van der Waals surface area contributed by atoms with Gasteiger partial charge in [0.25, 0.3) is 0 Å². The maximum absolute atomic E-state index is 10.6. The first-order chi connectivity index (χ1) is 8.26. The molecule has 0 unspecified atom stereocenters. The molecule has 0 fully saturated rings. The molecular formula is C9H18O6. The Morgan fingerprint density at radius 3 is 2.47 bits per heavy atom. The summed E-state index contributed by atoms with van der Waals surface area (Å²) in [7, 11) is -0.380. The topological polar surface area (TPSA) is 85.2 Å². The summed E-state index contributed by atoms with van der Waals surface area (Å²) in [5.74, 6) is 0. The van der Waals surface area contributed by atoms with E-state index in [0.29, 0.717) is 6.29 Å². The lowest BCUT2D eigenvalue weighted by atomic mass is 10.0. The fourth-order valence-corrected chi connectivity index (χ4v) is 1.10. The first kappa shape index (κ1) is 9.68. The molecule has 90 valence electrons. The quantitative estimate of drug-likeness (QED) is 0.493. The predicted octanol–water partition coefficient (Wildman–Crippen LogP) is -1.42. The van der Waals surface area contributed by atoms with Crippen LogP contribution < -0.4 is 0 Å². The van der Waals surface area contributed by atoms with Crippen molar-refractivity contribution < 1.29 is 33.3 Å². The number of carbonyl (C=O) groups is 1. The number of aliphatic hydroxyl groups is 2. The third kappa shape index (κ3) is 4.23. The van der Waals surface area contributed by atoms with Gasteiger partial charge in [0, 0.05) is 21.3 Å². The number of carbonyl (C=O) groups excluding carboxylic acids is 1. The van der Waals surface area contributed by atoms with Crippen molar-refractivity contribution in [1.29, 1.82) is 0 Å². The van der Waals surface area contributed by atoms with Gasteiger partial charge in [0.2, 0.25) is 0 Å². The molecule has 6 nitrogen and oxygen atoms in total. The minimum Gasteiger partial charge on any atom is -0.388 e. The van der Waals surface area contributed by atoms with Crippen LogP contribution in [0.15, 0.2) is 0 Å². The van der Waals surface area contributed by atoms with Gasteiger partial charge in [-0.25, -0.2) is 0 Å². The summed E-state index contributed by atoms with van der Waals surface area (Å²) in [5.41, 5.74) is 0. The van der Waals surface area contributed by atoms with Crippen molar-refractivity contribution in [2.24, 2.45) is 0 Å². The van der Waals surface area contributed by atoms with Crippen molar-refractivity contribution in [2.75, 3.05) is 27.9 Å². The van der Waals surface area contributed by atoms with Gasteiger partial charge in [-0.1, -0.05) is 0 Å². The minimum absolute atomic E-state index is 0.257. The van der Waals surface area contributed by atoms with Crippen molar-refractivity contribution in [1.82, 2.24) is 0 Å². The van der Waals surface area contributed by atoms with Gasteiger partial charge in [-0.05, 0) is 0 Å². The fourth-order valence-electron chi connectivity index (χ4n) is 1.10. The van der Waals surface area contributed by atoms with Gasteiger partial charge in [0.1, 0.15) is 24.4 Å². The summed E-state index contributed by atoms with van der Waals surface area (Å²) in [6.45, 7) is -0.257. The van der Waals surface area contributed by atoms with Crippen LogP contribution >= 0.6 is 0 Å². The summed E-state index contributed by atoms with van der Waals surface area (Å²) in [5, 5.41) is 19.4. The molecule has 0 spiro atoms. The Morgan fingerprint density at radius 2 is 2.07 bits per heavy atom. The number of hydrogen-bond donors (Lipinski definition) is 2. The van der Waals surface area contributed by atoms with Crippen molar-refractivity contribution in [2.45, 2.75) is 24.4 Å². The monoisotopic (exact) mass is 225 g/mol. The van der Waals surface area contributed by atoms with Crippen LogP contribution in [0.3, 0.4) is 0 Å². The van der Waals surface area contributed by atoms with E-state index in [2.05, 4.69) is 14.2 Å². The Hall–Kier alpha value is -0.530. The lowest BCUT2D eigenvalue weighted by Gasteiger charge is -2.28. The molecule has 0 saturated carbocycles. The molecule has 0 aromatic rings. The SMILES string of the molecule is [2H]C([2H])([2H])O[C@@H]([C@H](O)[C@H](C=O)OC)[C@H](O)COC. The zero-order valence-electron chi connectivity index (χ0n) is 11.6. The van der Waals surface area contributed by atoms with E-state index in [0.717, 1.165) is 7.11 Å².